The SMILES string of the molecule is C/C(=N\O)c1ccccc1CCC(SCC(C)C(=O)O)c1cccc(OCc2ccc3ccc(Cl)cc3n2)c1. The molecule has 0 spiro atoms. The molecule has 2 unspecified atom stereocenters. The van der Waals surface area contributed by atoms with Crippen LogP contribution in [0.25, 0.3) is 10.9 Å². The molecule has 6 nitrogen and oxygen atoms in total. The molecule has 2 atom stereocenters. The van der Waals surface area contributed by atoms with E-state index in [1.165, 1.54) is 0 Å². The summed E-state index contributed by atoms with van der Waals surface area (Å²) in [5.41, 5.74) is 5.24. The third-order valence-electron chi connectivity index (χ3n) is 6.53. The molecule has 1 aromatic heterocycles. The summed E-state index contributed by atoms with van der Waals surface area (Å²) >= 11 is 7.76. The second-order valence-corrected chi connectivity index (χ2v) is 11.1. The van der Waals surface area contributed by atoms with Crippen molar-refractivity contribution in [3.63, 3.8) is 0 Å². The molecule has 0 radical (unpaired) electrons. The molecule has 8 heteroatoms. The van der Waals surface area contributed by atoms with E-state index >= 15 is 0 Å². The van der Waals surface area contributed by atoms with Crippen LogP contribution in [0, 0.1) is 5.92 Å². The number of carboxylic acids is 1. The first kappa shape index (κ1) is 28.5. The fourth-order valence-corrected chi connectivity index (χ4v) is 5.74. The van der Waals surface area contributed by atoms with Crippen molar-refractivity contribution < 1.29 is 19.8 Å². The number of hydrogen-bond acceptors (Lipinski definition) is 6. The summed E-state index contributed by atoms with van der Waals surface area (Å²) in [6, 6.07) is 25.4. The zero-order valence-electron chi connectivity index (χ0n) is 21.9. The van der Waals surface area contributed by atoms with Crippen LogP contribution in [0.1, 0.15) is 47.9 Å². The summed E-state index contributed by atoms with van der Waals surface area (Å²) in [5.74, 6) is -0.0444. The Kier molecular flexibility index (Phi) is 9.85. The van der Waals surface area contributed by atoms with Crippen LogP contribution in [0.5, 0.6) is 5.75 Å². The molecule has 0 amide bonds. The van der Waals surface area contributed by atoms with Gasteiger partial charge < -0.3 is 15.1 Å². The van der Waals surface area contributed by atoms with Gasteiger partial charge in [-0.15, -0.1) is 0 Å². The number of carboxylic acid groups (broad SMARTS) is 1. The lowest BCUT2D eigenvalue weighted by Gasteiger charge is -2.20. The molecular weight excluding hydrogens is 532 g/mol. The Morgan fingerprint density at radius 1 is 1.08 bits per heavy atom. The van der Waals surface area contributed by atoms with Crippen LogP contribution in [0.3, 0.4) is 0 Å². The van der Waals surface area contributed by atoms with Crippen LogP contribution in [0.4, 0.5) is 0 Å². The molecule has 0 saturated heterocycles. The van der Waals surface area contributed by atoms with Crippen molar-refractivity contribution in [2.75, 3.05) is 5.75 Å². The van der Waals surface area contributed by atoms with Crippen molar-refractivity contribution in [3.05, 3.63) is 106 Å². The van der Waals surface area contributed by atoms with E-state index in [0.29, 0.717) is 23.1 Å². The van der Waals surface area contributed by atoms with E-state index in [1.807, 2.05) is 72.8 Å². The Bertz CT molecular complexity index is 1480. The van der Waals surface area contributed by atoms with Crippen molar-refractivity contribution in [3.8, 4) is 5.75 Å². The summed E-state index contributed by atoms with van der Waals surface area (Å²) in [6.07, 6.45) is 1.53. The molecular formula is C31H31ClN2O4S. The summed E-state index contributed by atoms with van der Waals surface area (Å²) in [4.78, 5) is 16.1. The molecule has 0 bridgehead atoms. The highest BCUT2D eigenvalue weighted by Crippen LogP contribution is 2.36. The monoisotopic (exact) mass is 562 g/mol. The maximum Gasteiger partial charge on any atom is 0.307 e. The van der Waals surface area contributed by atoms with Gasteiger partial charge in [-0.05, 0) is 61.2 Å². The summed E-state index contributed by atoms with van der Waals surface area (Å²) in [6.45, 7) is 3.82. The Morgan fingerprint density at radius 3 is 2.67 bits per heavy atom. The molecule has 2 N–H and O–H groups in total. The van der Waals surface area contributed by atoms with Gasteiger partial charge in [0.25, 0.3) is 0 Å². The normalized spacial score (nSPS) is 13.3. The van der Waals surface area contributed by atoms with Gasteiger partial charge in [-0.2, -0.15) is 11.8 Å². The van der Waals surface area contributed by atoms with Gasteiger partial charge in [0.2, 0.25) is 0 Å². The maximum absolute atomic E-state index is 11.5. The highest BCUT2D eigenvalue weighted by molar-refractivity contribution is 7.99. The molecule has 0 aliphatic rings. The number of hydrogen-bond donors (Lipinski definition) is 2. The van der Waals surface area contributed by atoms with Crippen molar-refractivity contribution in [1.29, 1.82) is 0 Å². The molecule has 4 aromatic rings. The number of aromatic nitrogens is 1. The number of fused-ring (bicyclic) bond motifs is 1. The van der Waals surface area contributed by atoms with Gasteiger partial charge in [0, 0.05) is 27.0 Å². The minimum atomic E-state index is -0.803. The topological polar surface area (TPSA) is 92.0 Å². The number of carbonyl (C=O) groups is 1. The zero-order valence-corrected chi connectivity index (χ0v) is 23.5. The van der Waals surface area contributed by atoms with Crippen LogP contribution >= 0.6 is 23.4 Å². The quantitative estimate of drug-likeness (QED) is 0.104. The predicted octanol–water partition coefficient (Wildman–Crippen LogP) is 7.79. The van der Waals surface area contributed by atoms with Crippen LogP contribution in [-0.4, -0.2) is 32.7 Å². The van der Waals surface area contributed by atoms with Crippen LogP contribution in [-0.2, 0) is 17.8 Å². The van der Waals surface area contributed by atoms with E-state index in [-0.39, 0.29) is 5.25 Å². The Hall–Kier alpha value is -3.55. The number of aliphatic carboxylic acids is 1. The van der Waals surface area contributed by atoms with Crippen LogP contribution in [0.15, 0.2) is 84.0 Å². The van der Waals surface area contributed by atoms with Gasteiger partial charge in [-0.25, -0.2) is 4.98 Å². The second kappa shape index (κ2) is 13.5. The van der Waals surface area contributed by atoms with Gasteiger partial charge in [-0.3, -0.25) is 4.79 Å². The molecule has 1 heterocycles. The number of benzene rings is 3. The number of aryl methyl sites for hydroxylation is 1. The molecule has 0 saturated carbocycles. The van der Waals surface area contributed by atoms with E-state index in [4.69, 9.17) is 16.3 Å². The molecule has 4 rings (SSSR count). The number of thioether (sulfide) groups is 1. The van der Waals surface area contributed by atoms with Gasteiger partial charge in [0.05, 0.1) is 22.8 Å². The Morgan fingerprint density at radius 2 is 1.87 bits per heavy atom. The average Bonchev–Trinajstić information content (AvgIpc) is 2.95. The summed E-state index contributed by atoms with van der Waals surface area (Å²) < 4.78 is 6.11. The first-order valence-corrected chi connectivity index (χ1v) is 14.2. The van der Waals surface area contributed by atoms with Crippen molar-refractivity contribution in [2.24, 2.45) is 11.1 Å². The van der Waals surface area contributed by atoms with E-state index < -0.39 is 11.9 Å². The number of oxime groups is 1. The van der Waals surface area contributed by atoms with Crippen molar-refractivity contribution >= 4 is 45.9 Å². The highest BCUT2D eigenvalue weighted by atomic mass is 35.5. The zero-order chi connectivity index (χ0) is 27.8. The highest BCUT2D eigenvalue weighted by Gasteiger charge is 2.19. The fourth-order valence-electron chi connectivity index (χ4n) is 4.28. The number of halogens is 1. The minimum absolute atomic E-state index is 0.0516. The van der Waals surface area contributed by atoms with Crippen LogP contribution in [0.2, 0.25) is 5.02 Å². The van der Waals surface area contributed by atoms with Gasteiger partial charge in [0.1, 0.15) is 12.4 Å². The molecule has 202 valence electrons. The van der Waals surface area contributed by atoms with Gasteiger partial charge in [0.15, 0.2) is 0 Å². The van der Waals surface area contributed by atoms with Crippen LogP contribution < -0.4 is 4.74 Å². The largest absolute Gasteiger partial charge is 0.487 e. The maximum atomic E-state index is 11.5. The number of pyridine rings is 1. The predicted molar refractivity (Wildman–Crippen MR) is 158 cm³/mol. The second-order valence-electron chi connectivity index (χ2n) is 9.44. The number of nitrogens with zero attached hydrogens (tertiary/aromatic N) is 2. The van der Waals surface area contributed by atoms with Crippen molar-refractivity contribution in [1.82, 2.24) is 4.98 Å². The lowest BCUT2D eigenvalue weighted by atomic mass is 9.97. The first-order valence-electron chi connectivity index (χ1n) is 12.7. The molecule has 39 heavy (non-hydrogen) atoms. The lowest BCUT2D eigenvalue weighted by Crippen LogP contribution is -2.13. The molecule has 3 aromatic carbocycles. The van der Waals surface area contributed by atoms with E-state index in [9.17, 15) is 15.1 Å². The molecule has 0 fully saturated rings. The Labute approximate surface area is 237 Å². The molecule has 0 aliphatic heterocycles. The third-order valence-corrected chi connectivity index (χ3v) is 8.37. The standard InChI is InChI=1S/C31H31ClN2O4S/c1-20(31(35)36)19-39-30(15-12-22-6-3-4-9-28(22)21(2)34-37)24-7-5-8-27(16-24)38-18-26-14-11-23-10-13-25(32)17-29(23)33-26/h3-11,13-14,16-17,20,30,37H,12,15,18-19H2,1-2H3,(H,35,36)/b34-21+. The number of ether oxygens (including phenoxy) is 1. The smallest absolute Gasteiger partial charge is 0.307 e. The first-order chi connectivity index (χ1) is 18.8. The number of rotatable bonds is 12. The lowest BCUT2D eigenvalue weighted by molar-refractivity contribution is -0.140. The minimum Gasteiger partial charge on any atom is -0.487 e. The molecule has 0 aliphatic carbocycles. The fraction of sp³-hybridized carbons (Fsp3) is 0.258. The summed E-state index contributed by atoms with van der Waals surface area (Å²) in [7, 11) is 0. The van der Waals surface area contributed by atoms with E-state index in [0.717, 1.165) is 51.9 Å². The van der Waals surface area contributed by atoms with Gasteiger partial charge >= 0.3 is 5.97 Å². The third kappa shape index (κ3) is 7.74. The van der Waals surface area contributed by atoms with E-state index in [1.54, 1.807) is 25.6 Å². The average molecular weight is 563 g/mol. The van der Waals surface area contributed by atoms with E-state index in [2.05, 4.69) is 16.2 Å². The summed E-state index contributed by atoms with van der Waals surface area (Å²) in [5, 5.41) is 23.8. The Balaban J connectivity index is 1.51. The van der Waals surface area contributed by atoms with Gasteiger partial charge in [-0.1, -0.05) is 72.2 Å². The van der Waals surface area contributed by atoms with Crippen molar-refractivity contribution in [2.45, 2.75) is 38.5 Å².